The molecule has 18 heavy (non-hydrogen) atoms. The summed E-state index contributed by atoms with van der Waals surface area (Å²) in [6, 6.07) is 5.40. The predicted molar refractivity (Wildman–Crippen MR) is 83.8 cm³/mol. The molecule has 0 aliphatic carbocycles. The summed E-state index contributed by atoms with van der Waals surface area (Å²) >= 11 is 12.7. The van der Waals surface area contributed by atoms with E-state index in [-0.39, 0.29) is 5.11 Å². The van der Waals surface area contributed by atoms with E-state index < -0.39 is 0 Å². The lowest BCUT2D eigenvalue weighted by molar-refractivity contribution is 1.32. The van der Waals surface area contributed by atoms with E-state index in [4.69, 9.17) is 35.3 Å². The Balaban J connectivity index is 2.59. The summed E-state index contributed by atoms with van der Waals surface area (Å²) in [5.74, 6) is 0. The van der Waals surface area contributed by atoms with Crippen molar-refractivity contribution in [2.75, 3.05) is 10.6 Å². The summed E-state index contributed by atoms with van der Waals surface area (Å²) in [6.07, 6.45) is 0. The number of benzene rings is 1. The van der Waals surface area contributed by atoms with E-state index in [0.29, 0.717) is 16.4 Å². The molecular weight excluding hydrogens is 286 g/mol. The van der Waals surface area contributed by atoms with Crippen molar-refractivity contribution in [2.45, 2.75) is 6.92 Å². The monoisotopic (exact) mass is 297 g/mol. The van der Waals surface area contributed by atoms with Gasteiger partial charge in [0.2, 0.25) is 0 Å². The molecule has 0 fully saturated rings. The average Bonchev–Trinajstić information content (AvgIpc) is 2.71. The van der Waals surface area contributed by atoms with Crippen LogP contribution in [0.4, 0.5) is 17.1 Å². The van der Waals surface area contributed by atoms with Gasteiger partial charge in [0.25, 0.3) is 0 Å². The first kappa shape index (κ1) is 13.1. The van der Waals surface area contributed by atoms with E-state index in [2.05, 4.69) is 0 Å². The normalized spacial score (nSPS) is 10.3. The van der Waals surface area contributed by atoms with Crippen LogP contribution >= 0.6 is 35.2 Å². The summed E-state index contributed by atoms with van der Waals surface area (Å²) in [6.45, 7) is 2.00. The third kappa shape index (κ3) is 2.29. The highest BCUT2D eigenvalue weighted by Crippen LogP contribution is 2.37. The second kappa shape index (κ2) is 5.14. The molecule has 1 heterocycles. The van der Waals surface area contributed by atoms with Crippen LogP contribution in [0, 0.1) is 6.92 Å². The van der Waals surface area contributed by atoms with E-state index in [1.807, 2.05) is 29.8 Å². The van der Waals surface area contributed by atoms with Crippen LogP contribution in [0.3, 0.4) is 0 Å². The Morgan fingerprint density at radius 3 is 2.61 bits per heavy atom. The zero-order chi connectivity index (χ0) is 13.3. The molecule has 0 amide bonds. The Bertz CT molecular complexity index is 595. The maximum Gasteiger partial charge on any atom is 0.175 e. The Kier molecular flexibility index (Phi) is 3.75. The molecule has 2 rings (SSSR count). The molecule has 0 aliphatic heterocycles. The molecule has 0 saturated carbocycles. The second-order valence-electron chi connectivity index (χ2n) is 3.79. The van der Waals surface area contributed by atoms with Crippen molar-refractivity contribution >= 4 is 57.3 Å². The highest BCUT2D eigenvalue weighted by molar-refractivity contribution is 7.80. The molecule has 1 aromatic carbocycles. The van der Waals surface area contributed by atoms with Gasteiger partial charge >= 0.3 is 0 Å². The number of rotatable bonds is 2. The topological polar surface area (TPSA) is 55.3 Å². The molecule has 0 atom stereocenters. The zero-order valence-electron chi connectivity index (χ0n) is 9.68. The lowest BCUT2D eigenvalue weighted by atomic mass is 10.2. The van der Waals surface area contributed by atoms with Crippen molar-refractivity contribution in [1.29, 1.82) is 0 Å². The van der Waals surface area contributed by atoms with Crippen LogP contribution in [0.5, 0.6) is 0 Å². The van der Waals surface area contributed by atoms with Crippen LogP contribution in [0.2, 0.25) is 5.02 Å². The minimum absolute atomic E-state index is 0.241. The van der Waals surface area contributed by atoms with Crippen LogP contribution in [0.15, 0.2) is 29.0 Å². The average molecular weight is 298 g/mol. The number of para-hydroxylation sites is 1. The van der Waals surface area contributed by atoms with Crippen molar-refractivity contribution in [3.63, 3.8) is 0 Å². The number of aryl methyl sites for hydroxylation is 1. The molecule has 1 aromatic heterocycles. The molecule has 0 aliphatic rings. The molecule has 0 bridgehead atoms. The lowest BCUT2D eigenvalue weighted by Crippen LogP contribution is -2.31. The first-order valence-electron chi connectivity index (χ1n) is 5.18. The van der Waals surface area contributed by atoms with Gasteiger partial charge in [0.05, 0.1) is 22.1 Å². The molecule has 2 aromatic rings. The van der Waals surface area contributed by atoms with Crippen LogP contribution in [-0.2, 0) is 0 Å². The van der Waals surface area contributed by atoms with E-state index in [9.17, 15) is 0 Å². The maximum atomic E-state index is 6.03. The second-order valence-corrected chi connectivity index (χ2v) is 5.36. The molecule has 0 saturated heterocycles. The van der Waals surface area contributed by atoms with Gasteiger partial charge in [-0.05, 0) is 42.2 Å². The quantitative estimate of drug-likeness (QED) is 0.656. The van der Waals surface area contributed by atoms with Crippen molar-refractivity contribution in [1.82, 2.24) is 0 Å². The maximum absolute atomic E-state index is 6.03. The number of nitrogens with two attached hydrogens (primary N) is 2. The molecule has 0 spiro atoms. The largest absolute Gasteiger partial charge is 0.396 e. The summed E-state index contributed by atoms with van der Waals surface area (Å²) < 4.78 is 0. The number of anilines is 3. The van der Waals surface area contributed by atoms with Gasteiger partial charge in [0.15, 0.2) is 5.11 Å². The van der Waals surface area contributed by atoms with E-state index in [1.165, 1.54) is 0 Å². The standard InChI is InChI=1S/C12H12ClN3S2/c1-7-5-18-6-10(7)16(12(15)17)9-4-2-3-8(13)11(9)14/h2-6H,14H2,1H3,(H2,15,17). The van der Waals surface area contributed by atoms with Gasteiger partial charge in [0, 0.05) is 5.38 Å². The number of hydrogen-bond acceptors (Lipinski definition) is 3. The number of thiocarbonyl (C=S) groups is 1. The Morgan fingerprint density at radius 1 is 1.33 bits per heavy atom. The number of thiophene rings is 1. The van der Waals surface area contributed by atoms with Crippen LogP contribution < -0.4 is 16.4 Å². The summed E-state index contributed by atoms with van der Waals surface area (Å²) in [7, 11) is 0. The van der Waals surface area contributed by atoms with Gasteiger partial charge in [-0.1, -0.05) is 17.7 Å². The fourth-order valence-corrected chi connectivity index (χ4v) is 2.85. The fraction of sp³-hybridized carbons (Fsp3) is 0.0833. The zero-order valence-corrected chi connectivity index (χ0v) is 12.1. The van der Waals surface area contributed by atoms with E-state index >= 15 is 0 Å². The van der Waals surface area contributed by atoms with Gasteiger partial charge < -0.3 is 11.5 Å². The molecule has 0 unspecified atom stereocenters. The van der Waals surface area contributed by atoms with Crippen molar-refractivity contribution < 1.29 is 0 Å². The number of nitrogens with zero attached hydrogens (tertiary/aromatic N) is 1. The summed E-state index contributed by atoms with van der Waals surface area (Å²) in [5, 5.41) is 4.74. The molecule has 94 valence electrons. The van der Waals surface area contributed by atoms with Gasteiger partial charge in [0.1, 0.15) is 0 Å². The number of halogens is 1. The smallest absolute Gasteiger partial charge is 0.175 e. The van der Waals surface area contributed by atoms with Gasteiger partial charge in [-0.25, -0.2) is 0 Å². The van der Waals surface area contributed by atoms with Crippen LogP contribution in [-0.4, -0.2) is 5.11 Å². The Hall–Kier alpha value is -1.30. The van der Waals surface area contributed by atoms with Crippen molar-refractivity contribution in [3.05, 3.63) is 39.5 Å². The minimum Gasteiger partial charge on any atom is -0.396 e. The SMILES string of the molecule is Cc1cscc1N(C(N)=S)c1cccc(Cl)c1N. The van der Waals surface area contributed by atoms with Crippen molar-refractivity contribution in [2.24, 2.45) is 5.73 Å². The molecule has 3 nitrogen and oxygen atoms in total. The first-order valence-corrected chi connectivity index (χ1v) is 6.91. The number of hydrogen-bond donors (Lipinski definition) is 2. The van der Waals surface area contributed by atoms with Crippen LogP contribution in [0.25, 0.3) is 0 Å². The highest BCUT2D eigenvalue weighted by Gasteiger charge is 2.18. The van der Waals surface area contributed by atoms with E-state index in [1.54, 1.807) is 22.3 Å². The number of nitrogen functional groups attached to an aromatic ring is 1. The molecule has 6 heteroatoms. The molecule has 0 radical (unpaired) electrons. The fourth-order valence-electron chi connectivity index (χ4n) is 1.67. The van der Waals surface area contributed by atoms with Gasteiger partial charge in [-0.3, -0.25) is 4.90 Å². The van der Waals surface area contributed by atoms with Gasteiger partial charge in [-0.2, -0.15) is 0 Å². The predicted octanol–water partition coefficient (Wildman–Crippen LogP) is 3.67. The minimum atomic E-state index is 0.241. The Labute approximate surface area is 120 Å². The molecule has 4 N–H and O–H groups in total. The third-order valence-corrected chi connectivity index (χ3v) is 3.92. The van der Waals surface area contributed by atoms with E-state index in [0.717, 1.165) is 11.3 Å². The lowest BCUT2D eigenvalue weighted by Gasteiger charge is -2.24. The first-order chi connectivity index (χ1) is 8.52. The highest BCUT2D eigenvalue weighted by atomic mass is 35.5. The van der Waals surface area contributed by atoms with Crippen LogP contribution in [0.1, 0.15) is 5.56 Å². The van der Waals surface area contributed by atoms with Crippen molar-refractivity contribution in [3.8, 4) is 0 Å². The third-order valence-electron chi connectivity index (χ3n) is 2.56. The summed E-state index contributed by atoms with van der Waals surface area (Å²) in [4.78, 5) is 1.74. The Morgan fingerprint density at radius 2 is 2.06 bits per heavy atom. The molecular formula is C12H12ClN3S2. The summed E-state index contributed by atoms with van der Waals surface area (Å²) in [5.41, 5.74) is 15.0. The van der Waals surface area contributed by atoms with Gasteiger partial charge in [-0.15, -0.1) is 11.3 Å².